The molecule has 7 heteroatoms. The predicted octanol–water partition coefficient (Wildman–Crippen LogP) is 2.25. The SMILES string of the molecule is NNc1nc(SC2CCOCC2)c2ccsc2n1. The zero-order chi connectivity index (χ0) is 12.4. The van der Waals surface area contributed by atoms with Crippen molar-refractivity contribution in [1.82, 2.24) is 9.97 Å². The molecule has 3 N–H and O–H groups in total. The fourth-order valence-electron chi connectivity index (χ4n) is 1.93. The molecule has 0 atom stereocenters. The van der Waals surface area contributed by atoms with Gasteiger partial charge < -0.3 is 4.74 Å². The molecule has 0 bridgehead atoms. The van der Waals surface area contributed by atoms with E-state index in [1.165, 1.54) is 0 Å². The van der Waals surface area contributed by atoms with Gasteiger partial charge in [0.05, 0.1) is 0 Å². The van der Waals surface area contributed by atoms with Gasteiger partial charge in [-0.05, 0) is 24.3 Å². The van der Waals surface area contributed by atoms with E-state index in [1.54, 1.807) is 11.3 Å². The van der Waals surface area contributed by atoms with Crippen LogP contribution in [0.3, 0.4) is 0 Å². The quantitative estimate of drug-likeness (QED) is 0.511. The minimum atomic E-state index is 0.486. The van der Waals surface area contributed by atoms with Crippen molar-refractivity contribution in [1.29, 1.82) is 0 Å². The van der Waals surface area contributed by atoms with E-state index < -0.39 is 0 Å². The summed E-state index contributed by atoms with van der Waals surface area (Å²) in [7, 11) is 0. The van der Waals surface area contributed by atoms with Crippen LogP contribution in [-0.2, 0) is 4.74 Å². The number of fused-ring (bicyclic) bond motifs is 1. The maximum Gasteiger partial charge on any atom is 0.239 e. The number of ether oxygens (including phenoxy) is 1. The molecule has 3 heterocycles. The molecule has 1 aliphatic heterocycles. The Balaban J connectivity index is 1.91. The first kappa shape index (κ1) is 12.2. The van der Waals surface area contributed by atoms with Crippen molar-refractivity contribution in [2.75, 3.05) is 18.6 Å². The van der Waals surface area contributed by atoms with Crippen molar-refractivity contribution < 1.29 is 4.74 Å². The monoisotopic (exact) mass is 282 g/mol. The first-order valence-corrected chi connectivity index (χ1v) is 7.59. The van der Waals surface area contributed by atoms with Crippen molar-refractivity contribution in [3.05, 3.63) is 11.4 Å². The van der Waals surface area contributed by atoms with Crippen LogP contribution in [0, 0.1) is 0 Å². The number of nitrogen functional groups attached to an aromatic ring is 1. The molecule has 0 spiro atoms. The summed E-state index contributed by atoms with van der Waals surface area (Å²) in [5.41, 5.74) is 2.53. The third-order valence-electron chi connectivity index (χ3n) is 2.87. The summed E-state index contributed by atoms with van der Waals surface area (Å²) >= 11 is 3.42. The number of thioether (sulfide) groups is 1. The van der Waals surface area contributed by atoms with E-state index >= 15 is 0 Å². The number of rotatable bonds is 3. The second kappa shape index (κ2) is 5.40. The molecule has 18 heavy (non-hydrogen) atoms. The molecule has 2 aromatic rings. The van der Waals surface area contributed by atoms with Crippen molar-refractivity contribution in [2.24, 2.45) is 5.84 Å². The van der Waals surface area contributed by atoms with Gasteiger partial charge in [-0.3, -0.25) is 5.43 Å². The summed E-state index contributed by atoms with van der Waals surface area (Å²) in [6, 6.07) is 2.07. The Morgan fingerprint density at radius 2 is 2.22 bits per heavy atom. The van der Waals surface area contributed by atoms with E-state index in [0.29, 0.717) is 11.2 Å². The van der Waals surface area contributed by atoms with Crippen LogP contribution in [0.4, 0.5) is 5.95 Å². The highest BCUT2D eigenvalue weighted by Crippen LogP contribution is 2.35. The molecule has 1 fully saturated rings. The largest absolute Gasteiger partial charge is 0.381 e. The third kappa shape index (κ3) is 2.44. The Labute approximate surface area is 113 Å². The molecule has 0 aliphatic carbocycles. The molecule has 3 rings (SSSR count). The molecular formula is C11H14N4OS2. The van der Waals surface area contributed by atoms with Crippen LogP contribution >= 0.6 is 23.1 Å². The van der Waals surface area contributed by atoms with Crippen LogP contribution < -0.4 is 11.3 Å². The summed E-state index contributed by atoms with van der Waals surface area (Å²) in [6.07, 6.45) is 2.15. The van der Waals surface area contributed by atoms with E-state index in [1.807, 2.05) is 17.1 Å². The van der Waals surface area contributed by atoms with Gasteiger partial charge in [0.15, 0.2) is 0 Å². The van der Waals surface area contributed by atoms with Gasteiger partial charge in [0, 0.05) is 23.8 Å². The molecule has 0 unspecified atom stereocenters. The Morgan fingerprint density at radius 1 is 1.39 bits per heavy atom. The summed E-state index contributed by atoms with van der Waals surface area (Å²) < 4.78 is 5.38. The van der Waals surface area contributed by atoms with Crippen LogP contribution in [0.1, 0.15) is 12.8 Å². The highest BCUT2D eigenvalue weighted by molar-refractivity contribution is 8.00. The van der Waals surface area contributed by atoms with Crippen LogP contribution in [-0.4, -0.2) is 28.4 Å². The average molecular weight is 282 g/mol. The van der Waals surface area contributed by atoms with Crippen molar-refractivity contribution >= 4 is 39.3 Å². The maximum atomic E-state index is 5.41. The van der Waals surface area contributed by atoms with Gasteiger partial charge in [0.25, 0.3) is 0 Å². The van der Waals surface area contributed by atoms with Crippen LogP contribution in [0.5, 0.6) is 0 Å². The van der Waals surface area contributed by atoms with E-state index in [-0.39, 0.29) is 0 Å². The number of hydrazine groups is 1. The van der Waals surface area contributed by atoms with Crippen LogP contribution in [0.15, 0.2) is 16.5 Å². The molecule has 1 saturated heterocycles. The summed E-state index contributed by atoms with van der Waals surface area (Å²) in [4.78, 5) is 9.79. The number of nitrogens with one attached hydrogen (secondary N) is 1. The average Bonchev–Trinajstić information content (AvgIpc) is 2.88. The van der Waals surface area contributed by atoms with Gasteiger partial charge >= 0.3 is 0 Å². The zero-order valence-corrected chi connectivity index (χ0v) is 11.4. The van der Waals surface area contributed by atoms with Gasteiger partial charge in [-0.25, -0.2) is 15.8 Å². The first-order valence-electron chi connectivity index (χ1n) is 5.83. The standard InChI is InChI=1S/C11H14N4OS2/c12-15-11-13-9-8(3-6-17-9)10(14-11)18-7-1-4-16-5-2-7/h3,6-7H,1-2,4-5,12H2,(H,13,14,15). The van der Waals surface area contributed by atoms with E-state index in [0.717, 1.165) is 41.3 Å². The fourth-order valence-corrected chi connectivity index (χ4v) is 3.94. The number of hydrogen-bond donors (Lipinski definition) is 2. The van der Waals surface area contributed by atoms with Crippen LogP contribution in [0.2, 0.25) is 0 Å². The Morgan fingerprint density at radius 3 is 3.00 bits per heavy atom. The minimum absolute atomic E-state index is 0.486. The van der Waals surface area contributed by atoms with Crippen molar-refractivity contribution in [3.63, 3.8) is 0 Å². The molecule has 0 radical (unpaired) electrons. The Hall–Kier alpha value is -0.890. The number of hydrogen-bond acceptors (Lipinski definition) is 7. The molecule has 0 saturated carbocycles. The molecule has 96 valence electrons. The smallest absolute Gasteiger partial charge is 0.239 e. The van der Waals surface area contributed by atoms with Crippen molar-refractivity contribution in [3.8, 4) is 0 Å². The number of nitrogens with two attached hydrogens (primary N) is 1. The lowest BCUT2D eigenvalue weighted by Crippen LogP contribution is -2.18. The lowest BCUT2D eigenvalue weighted by atomic mass is 10.2. The zero-order valence-electron chi connectivity index (χ0n) is 9.76. The van der Waals surface area contributed by atoms with Gasteiger partial charge in [-0.2, -0.15) is 0 Å². The fraction of sp³-hybridized carbons (Fsp3) is 0.455. The summed E-state index contributed by atoms with van der Waals surface area (Å²) in [6.45, 7) is 1.69. The number of anilines is 1. The van der Waals surface area contributed by atoms with E-state index in [9.17, 15) is 0 Å². The number of aromatic nitrogens is 2. The molecule has 5 nitrogen and oxygen atoms in total. The second-order valence-electron chi connectivity index (χ2n) is 4.07. The van der Waals surface area contributed by atoms with E-state index in [2.05, 4.69) is 21.5 Å². The molecular weight excluding hydrogens is 268 g/mol. The molecule has 0 amide bonds. The number of nitrogens with zero attached hydrogens (tertiary/aromatic N) is 2. The lowest BCUT2D eigenvalue weighted by Gasteiger charge is -2.21. The third-order valence-corrected chi connectivity index (χ3v) is 5.01. The Kier molecular flexibility index (Phi) is 3.64. The molecule has 1 aliphatic rings. The number of thiophene rings is 1. The second-order valence-corrected chi connectivity index (χ2v) is 6.25. The Bertz CT molecular complexity index is 539. The lowest BCUT2D eigenvalue weighted by molar-refractivity contribution is 0.1000. The predicted molar refractivity (Wildman–Crippen MR) is 74.9 cm³/mol. The summed E-state index contributed by atoms with van der Waals surface area (Å²) in [5, 5.41) is 4.74. The molecule has 0 aromatic carbocycles. The maximum absolute atomic E-state index is 5.41. The topological polar surface area (TPSA) is 73.1 Å². The normalized spacial score (nSPS) is 17.2. The van der Waals surface area contributed by atoms with Gasteiger partial charge in [-0.1, -0.05) is 0 Å². The van der Waals surface area contributed by atoms with E-state index in [4.69, 9.17) is 10.6 Å². The highest BCUT2D eigenvalue weighted by atomic mass is 32.2. The minimum Gasteiger partial charge on any atom is -0.381 e. The van der Waals surface area contributed by atoms with Gasteiger partial charge in [0.2, 0.25) is 5.95 Å². The van der Waals surface area contributed by atoms with Crippen molar-refractivity contribution in [2.45, 2.75) is 23.1 Å². The first-order chi connectivity index (χ1) is 8.86. The molecule has 2 aromatic heterocycles. The van der Waals surface area contributed by atoms with Crippen LogP contribution in [0.25, 0.3) is 10.2 Å². The van der Waals surface area contributed by atoms with Gasteiger partial charge in [-0.15, -0.1) is 23.1 Å². The summed E-state index contributed by atoms with van der Waals surface area (Å²) in [5.74, 6) is 5.90. The highest BCUT2D eigenvalue weighted by Gasteiger charge is 2.18. The van der Waals surface area contributed by atoms with Gasteiger partial charge in [0.1, 0.15) is 9.86 Å².